The molecule has 7 N–H and O–H groups in total. The van der Waals surface area contributed by atoms with E-state index in [-0.39, 0.29) is 6.04 Å². The first-order valence-electron chi connectivity index (χ1n) is 14.3. The van der Waals surface area contributed by atoms with Crippen molar-refractivity contribution in [2.45, 2.75) is 32.3 Å². The number of tetrazole rings is 4. The van der Waals surface area contributed by atoms with Gasteiger partial charge in [-0.25, -0.2) is 5.53 Å². The van der Waals surface area contributed by atoms with E-state index in [9.17, 15) is 0 Å². The van der Waals surface area contributed by atoms with Crippen LogP contribution in [-0.2, 0) is 31.0 Å². The van der Waals surface area contributed by atoms with Crippen LogP contribution in [0.3, 0.4) is 0 Å². The van der Waals surface area contributed by atoms with Crippen LogP contribution in [0, 0.1) is 0 Å². The summed E-state index contributed by atoms with van der Waals surface area (Å²) in [5.41, 5.74) is 9.49. The van der Waals surface area contributed by atoms with Gasteiger partial charge < -0.3 is 4.74 Å². The first kappa shape index (κ1) is 30.6. The Bertz CT molecular complexity index is 1530. The Hall–Kier alpha value is -5.43. The normalized spacial score (nSPS) is 13.8. The molecule has 1 atom stereocenters. The molecule has 6 rings (SSSR count). The third-order valence-electron chi connectivity index (χ3n) is 6.99. The van der Waals surface area contributed by atoms with Crippen molar-refractivity contribution in [3.05, 3.63) is 59.2 Å². The molecule has 0 saturated heterocycles. The zero-order chi connectivity index (χ0) is 31.2. The molecule has 1 unspecified atom stereocenters. The summed E-state index contributed by atoms with van der Waals surface area (Å²) in [5, 5.41) is 62.9. The summed E-state index contributed by atoms with van der Waals surface area (Å²) >= 11 is 0. The molecule has 0 saturated carbocycles. The topological polar surface area (TPSA) is 285 Å². The van der Waals surface area contributed by atoms with Crippen LogP contribution in [0.1, 0.15) is 34.9 Å². The number of aromatic amines is 4. The molecule has 0 spiro atoms. The van der Waals surface area contributed by atoms with Crippen LogP contribution in [-0.4, -0.2) is 142 Å². The number of nitrogens with zero attached hydrogens (tertiary/aromatic N) is 16. The number of H-pyrrole nitrogens is 4. The fourth-order valence-corrected chi connectivity index (χ4v) is 4.74. The van der Waals surface area contributed by atoms with Gasteiger partial charge in [-0.05, 0) is 5.56 Å². The lowest BCUT2D eigenvalue weighted by molar-refractivity contribution is 0.0353. The Labute approximate surface area is 260 Å². The zero-order valence-corrected chi connectivity index (χ0v) is 24.6. The van der Waals surface area contributed by atoms with Crippen molar-refractivity contribution >= 4 is 5.84 Å². The predicted octanol–water partition coefficient (Wildman–Crippen LogP) is -3.57. The highest BCUT2D eigenvalue weighted by atomic mass is 16.5. The first-order chi connectivity index (χ1) is 22.8. The van der Waals surface area contributed by atoms with E-state index >= 15 is 0 Å². The maximum Gasteiger partial charge on any atom is 0.193 e. The number of benzene rings is 1. The number of aromatic nitrogens is 16. The molecule has 0 aliphatic carbocycles. The van der Waals surface area contributed by atoms with E-state index < -0.39 is 0 Å². The van der Waals surface area contributed by atoms with Gasteiger partial charge >= 0.3 is 0 Å². The summed E-state index contributed by atoms with van der Waals surface area (Å²) in [4.78, 5) is 6.50. The molecular formula is C22H33N23O. The van der Waals surface area contributed by atoms with Crippen LogP contribution in [0.15, 0.2) is 35.4 Å². The van der Waals surface area contributed by atoms with Crippen molar-refractivity contribution in [1.82, 2.24) is 114 Å². The fourth-order valence-electron chi connectivity index (χ4n) is 4.74. The third-order valence-corrected chi connectivity index (χ3v) is 6.99. The van der Waals surface area contributed by atoms with Gasteiger partial charge in [0.1, 0.15) is 0 Å². The number of hydrazone groups is 1. The van der Waals surface area contributed by atoms with E-state index in [0.717, 1.165) is 11.4 Å². The molecule has 0 amide bonds. The van der Waals surface area contributed by atoms with Crippen molar-refractivity contribution in [3.63, 3.8) is 0 Å². The smallest absolute Gasteiger partial charge is 0.193 e. The molecule has 0 fully saturated rings. The molecule has 24 nitrogen and oxygen atoms in total. The summed E-state index contributed by atoms with van der Waals surface area (Å²) in [6.07, 6.45) is 0. The summed E-state index contributed by atoms with van der Waals surface area (Å²) < 4.78 is 6.16. The van der Waals surface area contributed by atoms with Gasteiger partial charge in [0.2, 0.25) is 0 Å². The summed E-state index contributed by atoms with van der Waals surface area (Å²) in [6.45, 7) is 4.90. The minimum absolute atomic E-state index is 0.298. The standard InChI is InChI=1S/C22H33N23O/c1-2-4-16(5-3-1)14-46-15-17(22-31-41-42-32-22)45(13-21-29-39-40-30-21)9-8-43(10-18-23-33-34-24-18)6-7-44(11-19-25-35-36-26-19)12-20-27-37-38-28-20/h1-5,17,35-36H,6-15H2,(H,25,26)(H,23,24,33,34)(H,27,28,37,38)(H,29,30,39,40)(H,31,32,41,42). The largest absolute Gasteiger partial charge is 0.375 e. The molecule has 24 heteroatoms. The Morgan fingerprint density at radius 1 is 0.652 bits per heavy atom. The number of nitrogens with one attached hydrogen (secondary N) is 7. The maximum absolute atomic E-state index is 6.16. The van der Waals surface area contributed by atoms with Crippen LogP contribution < -0.4 is 16.5 Å². The molecule has 0 bridgehead atoms. The van der Waals surface area contributed by atoms with Crippen molar-refractivity contribution < 1.29 is 4.74 Å². The Balaban J connectivity index is 1.16. The van der Waals surface area contributed by atoms with Gasteiger partial charge in [-0.15, -0.1) is 51.4 Å². The molecule has 1 aromatic carbocycles. The predicted molar refractivity (Wildman–Crippen MR) is 153 cm³/mol. The second-order valence-corrected chi connectivity index (χ2v) is 10.1. The molecule has 1 aliphatic rings. The quantitative estimate of drug-likeness (QED) is 0.0435. The molecular weight excluding hydrogens is 602 g/mol. The van der Waals surface area contributed by atoms with Crippen molar-refractivity contribution in [1.29, 1.82) is 0 Å². The number of hydrogen-bond acceptors (Lipinski definition) is 20. The van der Waals surface area contributed by atoms with E-state index in [1.807, 2.05) is 30.3 Å². The molecule has 0 radical (unpaired) electrons. The minimum Gasteiger partial charge on any atom is -0.375 e. The number of hydrogen-bond donors (Lipinski definition) is 7. The lowest BCUT2D eigenvalue weighted by Gasteiger charge is -2.32. The Kier molecular flexibility index (Phi) is 10.7. The van der Waals surface area contributed by atoms with Gasteiger partial charge in [-0.1, -0.05) is 51.2 Å². The summed E-state index contributed by atoms with van der Waals surface area (Å²) in [5.74, 6) is 2.84. The molecule has 5 aromatic rings. The molecule has 1 aliphatic heterocycles. The van der Waals surface area contributed by atoms with Gasteiger partial charge in [0.25, 0.3) is 0 Å². The van der Waals surface area contributed by atoms with Crippen LogP contribution in [0.2, 0.25) is 0 Å². The summed E-state index contributed by atoms with van der Waals surface area (Å²) in [7, 11) is 0. The van der Waals surface area contributed by atoms with Crippen LogP contribution in [0.25, 0.3) is 0 Å². The van der Waals surface area contributed by atoms with Gasteiger partial charge in [0, 0.05) is 26.2 Å². The van der Waals surface area contributed by atoms with E-state index in [2.05, 4.69) is 119 Å². The zero-order valence-electron chi connectivity index (χ0n) is 24.6. The molecule has 4 aromatic heterocycles. The average molecular weight is 636 g/mol. The molecule has 46 heavy (non-hydrogen) atoms. The first-order valence-corrected chi connectivity index (χ1v) is 14.3. The number of amidine groups is 1. The van der Waals surface area contributed by atoms with Gasteiger partial charge in [-0.3, -0.25) is 20.1 Å². The van der Waals surface area contributed by atoms with Crippen LogP contribution in [0.4, 0.5) is 0 Å². The van der Waals surface area contributed by atoms with Crippen LogP contribution in [0.5, 0.6) is 0 Å². The monoisotopic (exact) mass is 635 g/mol. The second kappa shape index (κ2) is 16.0. The van der Waals surface area contributed by atoms with Gasteiger partial charge in [0.05, 0.1) is 45.4 Å². The Morgan fingerprint density at radius 2 is 1.28 bits per heavy atom. The van der Waals surface area contributed by atoms with Gasteiger partial charge in [-0.2, -0.15) is 20.9 Å². The van der Waals surface area contributed by atoms with E-state index in [0.29, 0.717) is 88.9 Å². The number of hydrazine groups is 2. The van der Waals surface area contributed by atoms with Gasteiger partial charge in [0.15, 0.2) is 29.1 Å². The SMILES string of the molecule is c1ccc(COCC(c2nn[nH]n2)N(CCN(CCN(CC2=NNNN2)Cc2nn[nH]n2)Cc2nn[nH]n2)Cc2nn[nH]n2)cc1. The lowest BCUT2D eigenvalue weighted by Crippen LogP contribution is -2.44. The van der Waals surface area contributed by atoms with Crippen molar-refractivity contribution in [2.24, 2.45) is 5.10 Å². The highest BCUT2D eigenvalue weighted by molar-refractivity contribution is 5.84. The number of rotatable bonds is 20. The average Bonchev–Trinajstić information content (AvgIpc) is 3.92. The van der Waals surface area contributed by atoms with Crippen molar-refractivity contribution in [2.75, 3.05) is 39.3 Å². The third kappa shape index (κ3) is 9.05. The van der Waals surface area contributed by atoms with E-state index in [1.165, 1.54) is 0 Å². The fraction of sp³-hybridized carbons (Fsp3) is 0.500. The highest BCUT2D eigenvalue weighted by Gasteiger charge is 2.27. The van der Waals surface area contributed by atoms with Crippen molar-refractivity contribution in [3.8, 4) is 0 Å². The lowest BCUT2D eigenvalue weighted by atomic mass is 10.2. The van der Waals surface area contributed by atoms with Crippen LogP contribution >= 0.6 is 0 Å². The maximum atomic E-state index is 6.16. The molecule has 242 valence electrons. The van der Waals surface area contributed by atoms with E-state index in [4.69, 9.17) is 4.74 Å². The summed E-state index contributed by atoms with van der Waals surface area (Å²) in [6, 6.07) is 9.59. The molecule has 5 heterocycles. The highest BCUT2D eigenvalue weighted by Crippen LogP contribution is 2.20. The second-order valence-electron chi connectivity index (χ2n) is 10.1. The Morgan fingerprint density at radius 3 is 1.91 bits per heavy atom. The number of ether oxygens (including phenoxy) is 1. The minimum atomic E-state index is -0.367. The van der Waals surface area contributed by atoms with E-state index in [1.54, 1.807) is 0 Å².